The molecule has 1 aliphatic carbocycles. The number of nitrogens with zero attached hydrogens (tertiary/aromatic N) is 1. The Morgan fingerprint density at radius 3 is 2.79 bits per heavy atom. The van der Waals surface area contributed by atoms with E-state index >= 15 is 0 Å². The van der Waals surface area contributed by atoms with Crippen LogP contribution in [0.1, 0.15) is 25.3 Å². The summed E-state index contributed by atoms with van der Waals surface area (Å²) in [5.41, 5.74) is 2.18. The number of halogens is 1. The second-order valence-corrected chi connectivity index (χ2v) is 4.62. The van der Waals surface area contributed by atoms with E-state index in [1.165, 1.54) is 12.8 Å². The quantitative estimate of drug-likeness (QED) is 0.811. The van der Waals surface area contributed by atoms with Gasteiger partial charge in [0.15, 0.2) is 0 Å². The minimum Gasteiger partial charge on any atom is -0.381 e. The lowest BCUT2D eigenvalue weighted by Crippen LogP contribution is -2.34. The molecule has 2 nitrogen and oxygen atoms in total. The molecule has 1 aromatic heterocycles. The minimum absolute atomic E-state index is 0.615. The van der Waals surface area contributed by atoms with Gasteiger partial charge in [0.05, 0.1) is 16.9 Å². The molecule has 1 aromatic rings. The summed E-state index contributed by atoms with van der Waals surface area (Å²) in [6.45, 7) is 4.30. The number of anilines is 1. The molecule has 1 heterocycles. The van der Waals surface area contributed by atoms with Gasteiger partial charge in [-0.1, -0.05) is 18.5 Å². The maximum absolute atomic E-state index is 5.98. The third-order valence-electron chi connectivity index (χ3n) is 2.89. The Labute approximate surface area is 89.7 Å². The second kappa shape index (κ2) is 3.77. The van der Waals surface area contributed by atoms with Gasteiger partial charge in [-0.25, -0.2) is 0 Å². The van der Waals surface area contributed by atoms with E-state index in [4.69, 9.17) is 11.6 Å². The van der Waals surface area contributed by atoms with E-state index in [2.05, 4.69) is 17.2 Å². The predicted molar refractivity (Wildman–Crippen MR) is 59.8 cm³/mol. The maximum atomic E-state index is 5.98. The molecule has 2 rings (SSSR count). The first kappa shape index (κ1) is 9.78. The van der Waals surface area contributed by atoms with Gasteiger partial charge in [0.1, 0.15) is 0 Å². The van der Waals surface area contributed by atoms with Crippen molar-refractivity contribution in [3.8, 4) is 0 Å². The fourth-order valence-corrected chi connectivity index (χ4v) is 2.04. The highest BCUT2D eigenvalue weighted by atomic mass is 35.5. The lowest BCUT2D eigenvalue weighted by atomic mass is 9.82. The van der Waals surface area contributed by atoms with Crippen molar-refractivity contribution in [1.82, 2.24) is 4.98 Å². The van der Waals surface area contributed by atoms with Crippen molar-refractivity contribution in [3.05, 3.63) is 23.0 Å². The van der Waals surface area contributed by atoms with E-state index in [1.54, 1.807) is 6.20 Å². The average molecular weight is 211 g/mol. The summed E-state index contributed by atoms with van der Waals surface area (Å²) in [7, 11) is 0. The summed E-state index contributed by atoms with van der Waals surface area (Å²) in [4.78, 5) is 4.08. The third-order valence-corrected chi connectivity index (χ3v) is 3.27. The van der Waals surface area contributed by atoms with Crippen LogP contribution in [0.15, 0.2) is 12.4 Å². The molecule has 0 unspecified atom stereocenters. The van der Waals surface area contributed by atoms with Gasteiger partial charge >= 0.3 is 0 Å². The number of pyridine rings is 1. The molecule has 1 fully saturated rings. The average Bonchev–Trinajstić information content (AvgIpc) is 2.10. The molecule has 0 atom stereocenters. The van der Waals surface area contributed by atoms with Gasteiger partial charge in [-0.05, 0) is 31.2 Å². The molecule has 0 aromatic carbocycles. The normalized spacial score (nSPS) is 25.6. The van der Waals surface area contributed by atoms with E-state index in [0.29, 0.717) is 6.04 Å². The molecule has 0 radical (unpaired) electrons. The molecule has 3 heteroatoms. The summed E-state index contributed by atoms with van der Waals surface area (Å²) in [5, 5.41) is 4.21. The molecule has 0 saturated heterocycles. The number of hydrogen-bond donors (Lipinski definition) is 1. The van der Waals surface area contributed by atoms with Gasteiger partial charge in [0.2, 0.25) is 0 Å². The van der Waals surface area contributed by atoms with Crippen molar-refractivity contribution < 1.29 is 0 Å². The van der Waals surface area contributed by atoms with Crippen LogP contribution in [-0.2, 0) is 0 Å². The number of nitrogens with one attached hydrogen (secondary N) is 1. The van der Waals surface area contributed by atoms with Gasteiger partial charge < -0.3 is 5.32 Å². The van der Waals surface area contributed by atoms with Crippen LogP contribution in [0.4, 0.5) is 5.69 Å². The standard InChI is InChI=1S/C11H15ClN2/c1-7-3-9(4-7)14-11-6-13-5-10(12)8(11)2/h5-7,9,14H,3-4H2,1-2H3. The first-order valence-electron chi connectivity index (χ1n) is 5.03. The molecule has 0 spiro atoms. The number of hydrogen-bond acceptors (Lipinski definition) is 2. The SMILES string of the molecule is Cc1c(Cl)cncc1NC1CC(C)C1. The number of aromatic nitrogens is 1. The van der Waals surface area contributed by atoms with Crippen LogP contribution in [0.3, 0.4) is 0 Å². The monoisotopic (exact) mass is 210 g/mol. The Hall–Kier alpha value is -0.760. The van der Waals surface area contributed by atoms with Crippen molar-refractivity contribution in [2.75, 3.05) is 5.32 Å². The lowest BCUT2D eigenvalue weighted by molar-refractivity contribution is 0.309. The Bertz CT molecular complexity index is 332. The van der Waals surface area contributed by atoms with E-state index in [0.717, 1.165) is 22.2 Å². The second-order valence-electron chi connectivity index (χ2n) is 4.21. The highest BCUT2D eigenvalue weighted by Crippen LogP contribution is 2.31. The van der Waals surface area contributed by atoms with E-state index < -0.39 is 0 Å². The summed E-state index contributed by atoms with van der Waals surface area (Å²) >= 11 is 5.98. The van der Waals surface area contributed by atoms with Crippen molar-refractivity contribution in [2.45, 2.75) is 32.7 Å². The molecule has 0 aliphatic heterocycles. The Balaban J connectivity index is 2.06. The van der Waals surface area contributed by atoms with Crippen molar-refractivity contribution >= 4 is 17.3 Å². The van der Waals surface area contributed by atoms with Crippen molar-refractivity contribution in [2.24, 2.45) is 5.92 Å². The third kappa shape index (κ3) is 1.85. The minimum atomic E-state index is 0.615. The van der Waals surface area contributed by atoms with Gasteiger partial charge in [0, 0.05) is 12.2 Å². The van der Waals surface area contributed by atoms with Crippen LogP contribution < -0.4 is 5.32 Å². The highest BCUT2D eigenvalue weighted by molar-refractivity contribution is 6.31. The van der Waals surface area contributed by atoms with Crippen LogP contribution in [0.5, 0.6) is 0 Å². The van der Waals surface area contributed by atoms with E-state index in [9.17, 15) is 0 Å². The van der Waals surface area contributed by atoms with E-state index in [-0.39, 0.29) is 0 Å². The van der Waals surface area contributed by atoms with E-state index in [1.807, 2.05) is 13.1 Å². The Morgan fingerprint density at radius 2 is 2.14 bits per heavy atom. The zero-order valence-electron chi connectivity index (χ0n) is 8.55. The first-order valence-corrected chi connectivity index (χ1v) is 5.41. The van der Waals surface area contributed by atoms with Crippen LogP contribution in [0.25, 0.3) is 0 Å². The maximum Gasteiger partial charge on any atom is 0.0639 e. The summed E-state index contributed by atoms with van der Waals surface area (Å²) in [6.07, 6.45) is 6.05. The Morgan fingerprint density at radius 1 is 1.43 bits per heavy atom. The van der Waals surface area contributed by atoms with Crippen molar-refractivity contribution in [1.29, 1.82) is 0 Å². The smallest absolute Gasteiger partial charge is 0.0639 e. The molecule has 14 heavy (non-hydrogen) atoms. The van der Waals surface area contributed by atoms with Crippen molar-refractivity contribution in [3.63, 3.8) is 0 Å². The molecule has 0 amide bonds. The first-order chi connectivity index (χ1) is 6.66. The van der Waals surface area contributed by atoms with Gasteiger partial charge in [-0.15, -0.1) is 0 Å². The largest absolute Gasteiger partial charge is 0.381 e. The molecule has 76 valence electrons. The van der Waals surface area contributed by atoms with Crippen LogP contribution in [-0.4, -0.2) is 11.0 Å². The van der Waals surface area contributed by atoms with Crippen LogP contribution >= 0.6 is 11.6 Å². The van der Waals surface area contributed by atoms with Crippen LogP contribution in [0.2, 0.25) is 5.02 Å². The summed E-state index contributed by atoms with van der Waals surface area (Å²) in [5.74, 6) is 0.861. The highest BCUT2D eigenvalue weighted by Gasteiger charge is 2.25. The summed E-state index contributed by atoms with van der Waals surface area (Å²) in [6, 6.07) is 0.615. The van der Waals surface area contributed by atoms with Crippen LogP contribution in [0, 0.1) is 12.8 Å². The zero-order chi connectivity index (χ0) is 10.1. The molecule has 1 saturated carbocycles. The van der Waals surface area contributed by atoms with Gasteiger partial charge in [-0.3, -0.25) is 4.98 Å². The summed E-state index contributed by atoms with van der Waals surface area (Å²) < 4.78 is 0. The molecular weight excluding hydrogens is 196 g/mol. The fraction of sp³-hybridized carbons (Fsp3) is 0.545. The molecule has 1 N–H and O–H groups in total. The molecular formula is C11H15ClN2. The van der Waals surface area contributed by atoms with Gasteiger partial charge in [0.25, 0.3) is 0 Å². The molecule has 0 bridgehead atoms. The predicted octanol–water partition coefficient (Wildman–Crippen LogP) is 3.25. The number of rotatable bonds is 2. The fourth-order valence-electron chi connectivity index (χ4n) is 1.89. The zero-order valence-corrected chi connectivity index (χ0v) is 9.30. The lowest BCUT2D eigenvalue weighted by Gasteiger charge is -2.34. The Kier molecular flexibility index (Phi) is 2.64. The molecule has 1 aliphatic rings. The van der Waals surface area contributed by atoms with Gasteiger partial charge in [-0.2, -0.15) is 0 Å². The topological polar surface area (TPSA) is 24.9 Å².